The molecule has 1 unspecified atom stereocenters. The number of carbonyl (C=O) groups is 2. The molecule has 3 heterocycles. The van der Waals surface area contributed by atoms with Gasteiger partial charge in [-0.1, -0.05) is 6.07 Å². The number of amides is 1. The van der Waals surface area contributed by atoms with Crippen LogP contribution in [0.25, 0.3) is 10.1 Å². The smallest absolute Gasteiger partial charge is 0.349 e. The lowest BCUT2D eigenvalue weighted by Gasteiger charge is -2.35. The van der Waals surface area contributed by atoms with Gasteiger partial charge in [0.1, 0.15) is 10.7 Å². The number of esters is 1. The van der Waals surface area contributed by atoms with Gasteiger partial charge in [-0.2, -0.15) is 0 Å². The number of benzene rings is 1. The first kappa shape index (κ1) is 19.3. The first-order valence-corrected chi connectivity index (χ1v) is 10.0. The molecule has 7 nitrogen and oxygen atoms in total. The third-order valence-corrected chi connectivity index (χ3v) is 5.85. The van der Waals surface area contributed by atoms with Crippen molar-refractivity contribution in [3.8, 4) is 0 Å². The van der Waals surface area contributed by atoms with E-state index in [2.05, 4.69) is 9.97 Å². The molecule has 0 aliphatic carbocycles. The molecule has 150 valence electrons. The van der Waals surface area contributed by atoms with Crippen molar-refractivity contribution in [3.63, 3.8) is 0 Å². The molecule has 9 heteroatoms. The molecule has 1 amide bonds. The summed E-state index contributed by atoms with van der Waals surface area (Å²) in [6.45, 7) is 3.75. The SMILES string of the molecule is CC(OC(=O)c1cc2c(F)cccc2s1)C(=O)N1CCN(c2ncccn2)CC1. The van der Waals surface area contributed by atoms with E-state index in [0.29, 0.717) is 42.2 Å². The monoisotopic (exact) mass is 414 g/mol. The van der Waals surface area contributed by atoms with Crippen molar-refractivity contribution in [1.82, 2.24) is 14.9 Å². The highest BCUT2D eigenvalue weighted by molar-refractivity contribution is 7.20. The number of fused-ring (bicyclic) bond motifs is 1. The molecule has 3 aromatic rings. The molecule has 2 aromatic heterocycles. The van der Waals surface area contributed by atoms with Crippen LogP contribution in [-0.4, -0.2) is 59.0 Å². The molecule has 0 N–H and O–H groups in total. The largest absolute Gasteiger partial charge is 0.448 e. The molecule has 1 aliphatic heterocycles. The fourth-order valence-electron chi connectivity index (χ4n) is 3.23. The molecule has 0 spiro atoms. The quantitative estimate of drug-likeness (QED) is 0.611. The number of anilines is 1. The van der Waals surface area contributed by atoms with E-state index in [4.69, 9.17) is 4.74 Å². The van der Waals surface area contributed by atoms with E-state index in [-0.39, 0.29) is 16.6 Å². The van der Waals surface area contributed by atoms with E-state index in [1.54, 1.807) is 42.4 Å². The number of thiophene rings is 1. The Hall–Kier alpha value is -3.07. The lowest BCUT2D eigenvalue weighted by molar-refractivity contribution is -0.140. The second kappa shape index (κ2) is 8.12. The topological polar surface area (TPSA) is 75.6 Å². The Kier molecular flexibility index (Phi) is 5.39. The van der Waals surface area contributed by atoms with Crippen LogP contribution < -0.4 is 4.90 Å². The van der Waals surface area contributed by atoms with Gasteiger partial charge in [0.25, 0.3) is 5.91 Å². The fraction of sp³-hybridized carbons (Fsp3) is 0.300. The number of aromatic nitrogens is 2. The zero-order valence-corrected chi connectivity index (χ0v) is 16.6. The minimum Gasteiger partial charge on any atom is -0.448 e. The van der Waals surface area contributed by atoms with Crippen molar-refractivity contribution in [2.75, 3.05) is 31.1 Å². The van der Waals surface area contributed by atoms with E-state index >= 15 is 0 Å². The molecular formula is C20H19FN4O3S. The maximum atomic E-state index is 13.8. The first-order chi connectivity index (χ1) is 14.0. The number of nitrogens with zero attached hydrogens (tertiary/aromatic N) is 4. The van der Waals surface area contributed by atoms with Crippen LogP contribution in [0, 0.1) is 5.82 Å². The minimum atomic E-state index is -0.919. The summed E-state index contributed by atoms with van der Waals surface area (Å²) in [6.07, 6.45) is 2.44. The first-order valence-electron chi connectivity index (χ1n) is 9.23. The highest BCUT2D eigenvalue weighted by Crippen LogP contribution is 2.28. The van der Waals surface area contributed by atoms with Gasteiger partial charge < -0.3 is 14.5 Å². The van der Waals surface area contributed by atoms with Gasteiger partial charge in [0.15, 0.2) is 6.10 Å². The summed E-state index contributed by atoms with van der Waals surface area (Å²) in [5, 5.41) is 0.377. The average Bonchev–Trinajstić information content (AvgIpc) is 3.20. The van der Waals surface area contributed by atoms with Crippen molar-refractivity contribution in [2.45, 2.75) is 13.0 Å². The maximum Gasteiger partial charge on any atom is 0.349 e. The fourth-order valence-corrected chi connectivity index (χ4v) is 4.19. The van der Waals surface area contributed by atoms with Gasteiger partial charge in [-0.25, -0.2) is 19.2 Å². The van der Waals surface area contributed by atoms with Crippen molar-refractivity contribution in [2.24, 2.45) is 0 Å². The predicted molar refractivity (Wildman–Crippen MR) is 107 cm³/mol. The average molecular weight is 414 g/mol. The van der Waals surface area contributed by atoms with Crippen molar-refractivity contribution >= 4 is 39.2 Å². The second-order valence-corrected chi connectivity index (χ2v) is 7.75. The highest BCUT2D eigenvalue weighted by Gasteiger charge is 2.28. The van der Waals surface area contributed by atoms with Crippen molar-refractivity contribution in [3.05, 3.63) is 53.4 Å². The molecule has 4 rings (SSSR count). The summed E-state index contributed by atoms with van der Waals surface area (Å²) in [5.74, 6) is -0.625. The van der Waals surface area contributed by atoms with Gasteiger partial charge in [-0.3, -0.25) is 4.79 Å². The van der Waals surface area contributed by atoms with Crippen LogP contribution in [0.5, 0.6) is 0 Å². The molecule has 29 heavy (non-hydrogen) atoms. The Labute approximate surface area is 170 Å². The lowest BCUT2D eigenvalue weighted by atomic mass is 10.2. The molecule has 1 atom stereocenters. The summed E-state index contributed by atoms with van der Waals surface area (Å²) in [5.41, 5.74) is 0. The summed E-state index contributed by atoms with van der Waals surface area (Å²) < 4.78 is 19.8. The van der Waals surface area contributed by atoms with Gasteiger partial charge in [-0.15, -0.1) is 11.3 Å². The van der Waals surface area contributed by atoms with Crippen LogP contribution in [-0.2, 0) is 9.53 Å². The molecule has 0 saturated carbocycles. The van der Waals surface area contributed by atoms with Crippen LogP contribution in [0.2, 0.25) is 0 Å². The Morgan fingerprint density at radius 2 is 1.86 bits per heavy atom. The summed E-state index contributed by atoms with van der Waals surface area (Å²) in [7, 11) is 0. The Morgan fingerprint density at radius 3 is 2.55 bits per heavy atom. The predicted octanol–water partition coefficient (Wildman–Crippen LogP) is 2.72. The van der Waals surface area contributed by atoms with Crippen LogP contribution in [0.3, 0.4) is 0 Å². The maximum absolute atomic E-state index is 13.8. The third kappa shape index (κ3) is 4.04. The number of rotatable bonds is 4. The second-order valence-electron chi connectivity index (χ2n) is 6.67. The van der Waals surface area contributed by atoms with Gasteiger partial charge in [-0.05, 0) is 31.2 Å². The van der Waals surface area contributed by atoms with E-state index in [9.17, 15) is 14.0 Å². The highest BCUT2D eigenvalue weighted by atomic mass is 32.1. The Balaban J connectivity index is 1.35. The molecule has 1 saturated heterocycles. The third-order valence-electron chi connectivity index (χ3n) is 4.77. The van der Waals surface area contributed by atoms with Crippen LogP contribution in [0.15, 0.2) is 42.7 Å². The van der Waals surface area contributed by atoms with E-state index < -0.39 is 12.1 Å². The summed E-state index contributed by atoms with van der Waals surface area (Å²) in [6, 6.07) is 7.90. The number of piperazine rings is 1. The zero-order chi connectivity index (χ0) is 20.4. The van der Waals surface area contributed by atoms with Gasteiger partial charge in [0.05, 0.1) is 0 Å². The van der Waals surface area contributed by atoms with Crippen LogP contribution in [0.4, 0.5) is 10.3 Å². The molecule has 0 radical (unpaired) electrons. The number of ether oxygens (including phenoxy) is 1. The minimum absolute atomic E-state index is 0.251. The van der Waals surface area contributed by atoms with Crippen molar-refractivity contribution < 1.29 is 18.7 Å². The van der Waals surface area contributed by atoms with Crippen molar-refractivity contribution in [1.29, 1.82) is 0 Å². The van der Waals surface area contributed by atoms with Gasteiger partial charge in [0, 0.05) is 48.7 Å². The lowest BCUT2D eigenvalue weighted by Crippen LogP contribution is -2.52. The normalized spacial score (nSPS) is 15.4. The number of hydrogen-bond donors (Lipinski definition) is 0. The van der Waals surface area contributed by atoms with Gasteiger partial charge in [0.2, 0.25) is 5.95 Å². The molecule has 1 fully saturated rings. The van der Waals surface area contributed by atoms with Crippen LogP contribution in [0.1, 0.15) is 16.6 Å². The number of hydrogen-bond acceptors (Lipinski definition) is 7. The Bertz CT molecular complexity index is 1030. The van der Waals surface area contributed by atoms with Crippen LogP contribution >= 0.6 is 11.3 Å². The molecule has 1 aliphatic rings. The van der Waals surface area contributed by atoms with E-state index in [0.717, 1.165) is 11.3 Å². The Morgan fingerprint density at radius 1 is 1.14 bits per heavy atom. The summed E-state index contributed by atoms with van der Waals surface area (Å²) in [4.78, 5) is 37.5. The standard InChI is InChI=1S/C20H19FN4O3S/c1-13(28-19(27)17-12-14-15(21)4-2-5-16(14)29-17)18(26)24-8-10-25(11-9-24)20-22-6-3-7-23-20/h2-7,12-13H,8-11H2,1H3. The summed E-state index contributed by atoms with van der Waals surface area (Å²) >= 11 is 1.15. The zero-order valence-electron chi connectivity index (χ0n) is 15.7. The van der Waals surface area contributed by atoms with E-state index in [1.807, 2.05) is 4.90 Å². The molecular weight excluding hydrogens is 395 g/mol. The molecule has 1 aromatic carbocycles. The van der Waals surface area contributed by atoms with Gasteiger partial charge >= 0.3 is 5.97 Å². The van der Waals surface area contributed by atoms with E-state index in [1.165, 1.54) is 12.1 Å². The number of carbonyl (C=O) groups excluding carboxylic acids is 2. The number of halogens is 1. The molecule has 0 bridgehead atoms.